The van der Waals surface area contributed by atoms with Gasteiger partial charge in [-0.3, -0.25) is 0 Å². The number of nitrogens with zero attached hydrogens (tertiary/aromatic N) is 1. The number of nitrogens with one attached hydrogen (secondary N) is 1. The first kappa shape index (κ1) is 17.5. The maximum absolute atomic E-state index is 4.82. The molecule has 0 amide bonds. The van der Waals surface area contributed by atoms with Gasteiger partial charge in [0.25, 0.3) is 0 Å². The smallest absolute Gasteiger partial charge is 0.106 e. The molecule has 1 heterocycles. The minimum Gasteiger partial charge on any atom is -0.346 e. The van der Waals surface area contributed by atoms with Crippen LogP contribution in [0.3, 0.4) is 0 Å². The first-order valence-electron chi connectivity index (χ1n) is 9.89. The SMILES string of the molecule is Cc1[nH]c(CCCCCc2cccc3ccccc23)nc1-c1ccccc1. The van der Waals surface area contributed by atoms with Crippen LogP contribution < -0.4 is 0 Å². The number of hydrogen-bond acceptors (Lipinski definition) is 1. The third kappa shape index (κ3) is 4.11. The highest BCUT2D eigenvalue weighted by atomic mass is 14.9. The summed E-state index contributed by atoms with van der Waals surface area (Å²) in [6, 6.07) is 25.7. The van der Waals surface area contributed by atoms with E-state index in [0.717, 1.165) is 30.1 Å². The lowest BCUT2D eigenvalue weighted by Crippen LogP contribution is -1.91. The van der Waals surface area contributed by atoms with Crippen molar-refractivity contribution in [1.29, 1.82) is 0 Å². The topological polar surface area (TPSA) is 28.7 Å². The minimum atomic E-state index is 1.02. The molecule has 0 unspecified atom stereocenters. The van der Waals surface area contributed by atoms with Gasteiger partial charge in [-0.2, -0.15) is 0 Å². The molecule has 4 rings (SSSR count). The van der Waals surface area contributed by atoms with Crippen LogP contribution in [0.25, 0.3) is 22.0 Å². The van der Waals surface area contributed by atoms with Crippen LogP contribution >= 0.6 is 0 Å². The summed E-state index contributed by atoms with van der Waals surface area (Å²) in [5.74, 6) is 1.11. The Morgan fingerprint density at radius 2 is 1.48 bits per heavy atom. The molecule has 1 aromatic heterocycles. The number of hydrogen-bond donors (Lipinski definition) is 1. The van der Waals surface area contributed by atoms with E-state index in [1.54, 1.807) is 0 Å². The van der Waals surface area contributed by atoms with Gasteiger partial charge in [0.1, 0.15) is 5.82 Å². The molecule has 1 N–H and O–H groups in total. The van der Waals surface area contributed by atoms with E-state index in [0.29, 0.717) is 0 Å². The molecule has 27 heavy (non-hydrogen) atoms. The molecule has 2 heteroatoms. The molecule has 0 spiro atoms. The van der Waals surface area contributed by atoms with Gasteiger partial charge in [-0.25, -0.2) is 4.98 Å². The molecule has 2 nitrogen and oxygen atoms in total. The van der Waals surface area contributed by atoms with Crippen molar-refractivity contribution in [3.05, 3.63) is 89.9 Å². The summed E-state index contributed by atoms with van der Waals surface area (Å²) in [4.78, 5) is 8.29. The van der Waals surface area contributed by atoms with Crippen LogP contribution in [0.4, 0.5) is 0 Å². The maximum Gasteiger partial charge on any atom is 0.106 e. The molecular formula is C25H26N2. The standard InChI is InChI=1S/C25H26N2/c1-19-25(22-13-5-2-6-14-22)27-24(26-19)18-7-3-4-11-20-15-10-16-21-12-8-9-17-23(20)21/h2,5-6,8-10,12-17H,3-4,7,11,18H2,1H3,(H,26,27). The van der Waals surface area contributed by atoms with Crippen LogP contribution in [0.5, 0.6) is 0 Å². The number of aromatic amines is 1. The van der Waals surface area contributed by atoms with Gasteiger partial charge in [0.15, 0.2) is 0 Å². The predicted molar refractivity (Wildman–Crippen MR) is 114 cm³/mol. The zero-order chi connectivity index (χ0) is 18.5. The van der Waals surface area contributed by atoms with Crippen molar-refractivity contribution in [3.8, 4) is 11.3 Å². The third-order valence-electron chi connectivity index (χ3n) is 5.22. The van der Waals surface area contributed by atoms with Crippen molar-refractivity contribution in [1.82, 2.24) is 9.97 Å². The number of aryl methyl sites for hydroxylation is 3. The Labute approximate surface area is 161 Å². The Bertz CT molecular complexity index is 1010. The van der Waals surface area contributed by atoms with Crippen LogP contribution in [0.2, 0.25) is 0 Å². The average Bonchev–Trinajstić information content (AvgIpc) is 3.09. The van der Waals surface area contributed by atoms with Crippen LogP contribution in [0, 0.1) is 6.92 Å². The van der Waals surface area contributed by atoms with Gasteiger partial charge in [0, 0.05) is 17.7 Å². The van der Waals surface area contributed by atoms with Gasteiger partial charge in [-0.05, 0) is 42.5 Å². The molecule has 0 fully saturated rings. The highest BCUT2D eigenvalue weighted by molar-refractivity contribution is 5.85. The fourth-order valence-electron chi connectivity index (χ4n) is 3.81. The number of rotatable bonds is 7. The van der Waals surface area contributed by atoms with Crippen molar-refractivity contribution >= 4 is 10.8 Å². The van der Waals surface area contributed by atoms with Gasteiger partial charge in [-0.1, -0.05) is 79.2 Å². The number of fused-ring (bicyclic) bond motifs is 1. The van der Waals surface area contributed by atoms with Gasteiger partial charge < -0.3 is 4.98 Å². The Balaban J connectivity index is 1.31. The molecule has 0 radical (unpaired) electrons. The Morgan fingerprint density at radius 3 is 2.37 bits per heavy atom. The fourth-order valence-corrected chi connectivity index (χ4v) is 3.81. The van der Waals surface area contributed by atoms with Crippen molar-refractivity contribution in [2.75, 3.05) is 0 Å². The van der Waals surface area contributed by atoms with Crippen LogP contribution in [-0.4, -0.2) is 9.97 Å². The van der Waals surface area contributed by atoms with Crippen molar-refractivity contribution in [2.24, 2.45) is 0 Å². The molecule has 0 aliphatic heterocycles. The molecule has 0 aliphatic carbocycles. The van der Waals surface area contributed by atoms with Crippen molar-refractivity contribution < 1.29 is 0 Å². The number of unbranched alkanes of at least 4 members (excludes halogenated alkanes) is 2. The Kier molecular flexibility index (Phi) is 5.34. The Hall–Kier alpha value is -2.87. The molecule has 0 bridgehead atoms. The summed E-state index contributed by atoms with van der Waals surface area (Å²) in [6.45, 7) is 2.11. The molecule has 3 aromatic carbocycles. The summed E-state index contributed by atoms with van der Waals surface area (Å²) in [5.41, 5.74) is 4.90. The second kappa shape index (κ2) is 8.22. The summed E-state index contributed by atoms with van der Waals surface area (Å²) in [5, 5.41) is 2.74. The lowest BCUT2D eigenvalue weighted by atomic mass is 9.99. The quantitative estimate of drug-likeness (QED) is 0.377. The zero-order valence-corrected chi connectivity index (χ0v) is 15.9. The van der Waals surface area contributed by atoms with E-state index in [4.69, 9.17) is 4.98 Å². The fraction of sp³-hybridized carbons (Fsp3) is 0.240. The number of aromatic nitrogens is 2. The second-order valence-electron chi connectivity index (χ2n) is 7.22. The summed E-state index contributed by atoms with van der Waals surface area (Å²) >= 11 is 0. The third-order valence-corrected chi connectivity index (χ3v) is 5.22. The van der Waals surface area contributed by atoms with Crippen LogP contribution in [-0.2, 0) is 12.8 Å². The highest BCUT2D eigenvalue weighted by Crippen LogP contribution is 2.22. The number of imidazole rings is 1. The molecule has 0 atom stereocenters. The van der Waals surface area contributed by atoms with Crippen molar-refractivity contribution in [3.63, 3.8) is 0 Å². The first-order valence-corrected chi connectivity index (χ1v) is 9.89. The maximum atomic E-state index is 4.82. The molecular weight excluding hydrogens is 328 g/mol. The lowest BCUT2D eigenvalue weighted by molar-refractivity contribution is 0.666. The van der Waals surface area contributed by atoms with E-state index in [1.807, 2.05) is 6.07 Å². The summed E-state index contributed by atoms with van der Waals surface area (Å²) < 4.78 is 0. The minimum absolute atomic E-state index is 1.02. The average molecular weight is 354 g/mol. The van der Waals surface area contributed by atoms with E-state index in [2.05, 4.69) is 78.6 Å². The molecule has 0 saturated carbocycles. The molecule has 136 valence electrons. The van der Waals surface area contributed by atoms with Gasteiger partial charge >= 0.3 is 0 Å². The zero-order valence-electron chi connectivity index (χ0n) is 15.9. The van der Waals surface area contributed by atoms with E-state index < -0.39 is 0 Å². The lowest BCUT2D eigenvalue weighted by Gasteiger charge is -2.06. The van der Waals surface area contributed by atoms with Gasteiger partial charge in [-0.15, -0.1) is 0 Å². The van der Waals surface area contributed by atoms with E-state index in [-0.39, 0.29) is 0 Å². The molecule has 4 aromatic rings. The number of benzene rings is 3. The summed E-state index contributed by atoms with van der Waals surface area (Å²) in [6.07, 6.45) is 5.78. The van der Waals surface area contributed by atoms with Crippen molar-refractivity contribution in [2.45, 2.75) is 39.0 Å². The second-order valence-corrected chi connectivity index (χ2v) is 7.22. The van der Waals surface area contributed by atoms with E-state index >= 15 is 0 Å². The Morgan fingerprint density at radius 1 is 0.741 bits per heavy atom. The van der Waals surface area contributed by atoms with Crippen LogP contribution in [0.1, 0.15) is 36.3 Å². The normalized spacial score (nSPS) is 11.1. The summed E-state index contributed by atoms with van der Waals surface area (Å²) in [7, 11) is 0. The monoisotopic (exact) mass is 354 g/mol. The highest BCUT2D eigenvalue weighted by Gasteiger charge is 2.08. The first-order chi connectivity index (χ1) is 13.3. The number of H-pyrrole nitrogens is 1. The largest absolute Gasteiger partial charge is 0.346 e. The molecule has 0 aliphatic rings. The van der Waals surface area contributed by atoms with Gasteiger partial charge in [0.2, 0.25) is 0 Å². The molecule has 0 saturated heterocycles. The van der Waals surface area contributed by atoms with Crippen LogP contribution in [0.15, 0.2) is 72.8 Å². The van der Waals surface area contributed by atoms with E-state index in [1.165, 1.54) is 41.2 Å². The van der Waals surface area contributed by atoms with E-state index in [9.17, 15) is 0 Å². The predicted octanol–water partition coefficient (Wildman–Crippen LogP) is 6.49. The van der Waals surface area contributed by atoms with Gasteiger partial charge in [0.05, 0.1) is 5.69 Å².